The summed E-state index contributed by atoms with van der Waals surface area (Å²) in [6, 6.07) is 3.60. The summed E-state index contributed by atoms with van der Waals surface area (Å²) < 4.78 is 0.726. The van der Waals surface area contributed by atoms with E-state index in [2.05, 4.69) is 20.9 Å². The Morgan fingerprint density at radius 2 is 2.38 bits per heavy atom. The summed E-state index contributed by atoms with van der Waals surface area (Å²) in [6.07, 6.45) is 2.42. The quantitative estimate of drug-likeness (QED) is 0.784. The molecule has 0 fully saturated rings. The molecule has 0 aliphatic heterocycles. The minimum atomic E-state index is -0.0555. The second-order valence-corrected chi connectivity index (χ2v) is 4.49. The Hall–Kier alpha value is -0.610. The van der Waals surface area contributed by atoms with E-state index in [1.807, 2.05) is 13.0 Å². The van der Waals surface area contributed by atoms with E-state index in [1.54, 1.807) is 17.2 Å². The van der Waals surface area contributed by atoms with Gasteiger partial charge in [0.25, 0.3) is 5.91 Å². The van der Waals surface area contributed by atoms with Crippen LogP contribution in [0.1, 0.15) is 23.8 Å². The Labute approximate surface area is 109 Å². The fraction of sp³-hybridized carbons (Fsp3) is 0.455. The van der Waals surface area contributed by atoms with Gasteiger partial charge < -0.3 is 4.90 Å². The van der Waals surface area contributed by atoms with Crippen LogP contribution in [-0.2, 0) is 0 Å². The molecule has 0 radical (unpaired) electrons. The molecule has 0 aromatic carbocycles. The molecule has 1 heterocycles. The van der Waals surface area contributed by atoms with E-state index in [1.165, 1.54) is 0 Å². The molecule has 0 atom stereocenters. The predicted octanol–water partition coefficient (Wildman–Crippen LogP) is 2.94. The van der Waals surface area contributed by atoms with Crippen molar-refractivity contribution >= 4 is 33.4 Å². The largest absolute Gasteiger partial charge is 0.338 e. The summed E-state index contributed by atoms with van der Waals surface area (Å²) in [6.45, 7) is 3.28. The van der Waals surface area contributed by atoms with Crippen molar-refractivity contribution in [1.82, 2.24) is 9.88 Å². The highest BCUT2D eigenvalue weighted by Gasteiger charge is 2.17. The molecule has 0 aliphatic rings. The number of carbonyl (C=O) groups excluding carboxylic acids is 1. The smallest absolute Gasteiger partial charge is 0.273 e. The summed E-state index contributed by atoms with van der Waals surface area (Å²) >= 11 is 8.95. The molecule has 1 amide bonds. The molecule has 0 spiro atoms. The summed E-state index contributed by atoms with van der Waals surface area (Å²) in [5.74, 6) is 0.507. The first-order valence-electron chi connectivity index (χ1n) is 5.16. The number of carbonyl (C=O) groups is 1. The molecule has 16 heavy (non-hydrogen) atoms. The molecule has 0 bridgehead atoms. The van der Waals surface area contributed by atoms with Gasteiger partial charge in [-0.1, -0.05) is 0 Å². The summed E-state index contributed by atoms with van der Waals surface area (Å²) in [7, 11) is 0. The van der Waals surface area contributed by atoms with Crippen molar-refractivity contribution in [3.63, 3.8) is 0 Å². The van der Waals surface area contributed by atoms with Crippen molar-refractivity contribution in [1.29, 1.82) is 0 Å². The maximum atomic E-state index is 12.1. The Morgan fingerprint density at radius 3 is 2.94 bits per heavy atom. The summed E-state index contributed by atoms with van der Waals surface area (Å²) in [5, 5.41) is 0. The zero-order valence-corrected chi connectivity index (χ0v) is 11.5. The molecule has 0 unspecified atom stereocenters. The number of nitrogens with zero attached hydrogens (tertiary/aromatic N) is 2. The van der Waals surface area contributed by atoms with Crippen LogP contribution in [0.5, 0.6) is 0 Å². The number of pyridine rings is 1. The highest BCUT2D eigenvalue weighted by molar-refractivity contribution is 9.10. The van der Waals surface area contributed by atoms with E-state index in [-0.39, 0.29) is 5.91 Å². The topological polar surface area (TPSA) is 33.2 Å². The minimum absolute atomic E-state index is 0.0555. The average Bonchev–Trinajstić information content (AvgIpc) is 2.30. The standard InChI is InChI=1S/C11H14BrClN2O/c1-2-15(8-4-6-13)11(16)10-9(12)5-3-7-14-10/h3,5,7H,2,4,6,8H2,1H3. The van der Waals surface area contributed by atoms with Crippen LogP contribution in [-0.4, -0.2) is 34.8 Å². The maximum absolute atomic E-state index is 12.1. The third-order valence-electron chi connectivity index (χ3n) is 2.19. The molecule has 1 rings (SSSR count). The first kappa shape index (κ1) is 13.5. The van der Waals surface area contributed by atoms with Crippen molar-refractivity contribution < 1.29 is 4.79 Å². The van der Waals surface area contributed by atoms with Crippen LogP contribution in [0.15, 0.2) is 22.8 Å². The molecule has 0 aliphatic carbocycles. The lowest BCUT2D eigenvalue weighted by atomic mass is 10.3. The van der Waals surface area contributed by atoms with Gasteiger partial charge in [0.2, 0.25) is 0 Å². The van der Waals surface area contributed by atoms with Gasteiger partial charge in [0.15, 0.2) is 0 Å². The number of hydrogen-bond donors (Lipinski definition) is 0. The zero-order chi connectivity index (χ0) is 12.0. The molecular weight excluding hydrogens is 291 g/mol. The Balaban J connectivity index is 2.79. The van der Waals surface area contributed by atoms with Crippen LogP contribution < -0.4 is 0 Å². The summed E-state index contributed by atoms with van der Waals surface area (Å²) in [5.41, 5.74) is 0.457. The van der Waals surface area contributed by atoms with Gasteiger partial charge in [-0.15, -0.1) is 11.6 Å². The number of aromatic nitrogens is 1. The van der Waals surface area contributed by atoms with E-state index in [0.29, 0.717) is 24.7 Å². The van der Waals surface area contributed by atoms with Gasteiger partial charge in [-0.05, 0) is 41.4 Å². The maximum Gasteiger partial charge on any atom is 0.273 e. The molecule has 5 heteroatoms. The molecule has 0 saturated heterocycles. The SMILES string of the molecule is CCN(CCCCl)C(=O)c1ncccc1Br. The molecule has 3 nitrogen and oxygen atoms in total. The van der Waals surface area contributed by atoms with Gasteiger partial charge in [-0.2, -0.15) is 0 Å². The Kier molecular flexibility index (Phi) is 5.77. The van der Waals surface area contributed by atoms with Gasteiger partial charge in [0, 0.05) is 29.6 Å². The van der Waals surface area contributed by atoms with Gasteiger partial charge in [0.05, 0.1) is 0 Å². The predicted molar refractivity (Wildman–Crippen MR) is 68.9 cm³/mol. The average molecular weight is 306 g/mol. The van der Waals surface area contributed by atoms with E-state index in [9.17, 15) is 4.79 Å². The number of halogens is 2. The first-order valence-corrected chi connectivity index (χ1v) is 6.49. The van der Waals surface area contributed by atoms with Crippen LogP contribution in [0.4, 0.5) is 0 Å². The van der Waals surface area contributed by atoms with Crippen LogP contribution in [0.3, 0.4) is 0 Å². The molecule has 0 N–H and O–H groups in total. The minimum Gasteiger partial charge on any atom is -0.338 e. The highest BCUT2D eigenvalue weighted by Crippen LogP contribution is 2.15. The monoisotopic (exact) mass is 304 g/mol. The Bertz CT molecular complexity index is 360. The van der Waals surface area contributed by atoms with Crippen molar-refractivity contribution in [3.8, 4) is 0 Å². The van der Waals surface area contributed by atoms with E-state index in [0.717, 1.165) is 10.9 Å². The van der Waals surface area contributed by atoms with Crippen LogP contribution >= 0.6 is 27.5 Å². The first-order chi connectivity index (χ1) is 7.70. The third kappa shape index (κ3) is 3.46. The third-order valence-corrected chi connectivity index (χ3v) is 3.10. The number of alkyl halides is 1. The van der Waals surface area contributed by atoms with E-state index >= 15 is 0 Å². The van der Waals surface area contributed by atoms with Gasteiger partial charge in [0.1, 0.15) is 5.69 Å². The number of rotatable bonds is 5. The Morgan fingerprint density at radius 1 is 1.62 bits per heavy atom. The second-order valence-electron chi connectivity index (χ2n) is 3.26. The normalized spacial score (nSPS) is 10.2. The lowest BCUT2D eigenvalue weighted by Crippen LogP contribution is -2.32. The molecule has 88 valence electrons. The summed E-state index contributed by atoms with van der Waals surface area (Å²) in [4.78, 5) is 17.9. The van der Waals surface area contributed by atoms with Crippen LogP contribution in [0.2, 0.25) is 0 Å². The van der Waals surface area contributed by atoms with Gasteiger partial charge >= 0.3 is 0 Å². The molecular formula is C11H14BrClN2O. The van der Waals surface area contributed by atoms with E-state index < -0.39 is 0 Å². The van der Waals surface area contributed by atoms with Gasteiger partial charge in [-0.25, -0.2) is 4.98 Å². The van der Waals surface area contributed by atoms with Crippen molar-refractivity contribution in [3.05, 3.63) is 28.5 Å². The second kappa shape index (κ2) is 6.86. The fourth-order valence-corrected chi connectivity index (χ4v) is 1.89. The zero-order valence-electron chi connectivity index (χ0n) is 9.12. The lowest BCUT2D eigenvalue weighted by molar-refractivity contribution is 0.0758. The highest BCUT2D eigenvalue weighted by atomic mass is 79.9. The number of amides is 1. The van der Waals surface area contributed by atoms with Crippen LogP contribution in [0, 0.1) is 0 Å². The number of hydrogen-bond acceptors (Lipinski definition) is 2. The van der Waals surface area contributed by atoms with Crippen LogP contribution in [0.25, 0.3) is 0 Å². The van der Waals surface area contributed by atoms with Gasteiger partial charge in [-0.3, -0.25) is 4.79 Å². The fourth-order valence-electron chi connectivity index (χ4n) is 1.35. The molecule has 0 saturated carbocycles. The molecule has 1 aromatic rings. The van der Waals surface area contributed by atoms with E-state index in [4.69, 9.17) is 11.6 Å². The van der Waals surface area contributed by atoms with Crippen molar-refractivity contribution in [2.24, 2.45) is 0 Å². The molecule has 1 aromatic heterocycles. The van der Waals surface area contributed by atoms with Crippen molar-refractivity contribution in [2.45, 2.75) is 13.3 Å². The lowest BCUT2D eigenvalue weighted by Gasteiger charge is -2.20. The van der Waals surface area contributed by atoms with Crippen molar-refractivity contribution in [2.75, 3.05) is 19.0 Å².